The number of ether oxygens (including phenoxy) is 1. The number of hydrogen-bond donors (Lipinski definition) is 2. The SMILES string of the molecule is COc1cccc(-c2[nH]ncc2CN[C@H](Cc2ccsc2)c2ncccc2C)c1. The van der Waals surface area contributed by atoms with Crippen molar-refractivity contribution >= 4 is 11.3 Å². The molecule has 0 amide bonds. The minimum atomic E-state index is 0.124. The minimum absolute atomic E-state index is 0.124. The van der Waals surface area contributed by atoms with Gasteiger partial charge in [-0.05, 0) is 59.5 Å². The fraction of sp³-hybridized carbons (Fsp3) is 0.217. The van der Waals surface area contributed by atoms with Crippen LogP contribution in [0.5, 0.6) is 5.75 Å². The quantitative estimate of drug-likeness (QED) is 0.437. The maximum atomic E-state index is 5.36. The zero-order chi connectivity index (χ0) is 20.1. The Balaban J connectivity index is 1.57. The van der Waals surface area contributed by atoms with Crippen LogP contribution in [0, 0.1) is 6.92 Å². The van der Waals surface area contributed by atoms with Crippen molar-refractivity contribution < 1.29 is 4.74 Å². The third-order valence-corrected chi connectivity index (χ3v) is 5.75. The number of nitrogens with one attached hydrogen (secondary N) is 2. The average molecular weight is 405 g/mol. The molecule has 0 radical (unpaired) electrons. The standard InChI is InChI=1S/C23H24N4OS/c1-16-5-4-9-24-22(16)21(11-17-8-10-29-15-17)25-13-19-14-26-27-23(19)18-6-3-7-20(12-18)28-2/h3-10,12,14-15,21,25H,11,13H2,1-2H3,(H,26,27)/t21-/m1/s1. The summed E-state index contributed by atoms with van der Waals surface area (Å²) in [6.07, 6.45) is 4.65. The molecule has 0 bridgehead atoms. The number of thiophene rings is 1. The highest BCUT2D eigenvalue weighted by molar-refractivity contribution is 7.07. The van der Waals surface area contributed by atoms with Gasteiger partial charge in [0.1, 0.15) is 5.75 Å². The molecular formula is C23H24N4OS. The van der Waals surface area contributed by atoms with Crippen LogP contribution in [-0.4, -0.2) is 22.3 Å². The van der Waals surface area contributed by atoms with Crippen molar-refractivity contribution in [3.05, 3.63) is 88.0 Å². The lowest BCUT2D eigenvalue weighted by Crippen LogP contribution is -2.24. The van der Waals surface area contributed by atoms with Crippen molar-refractivity contribution in [2.75, 3.05) is 7.11 Å². The summed E-state index contributed by atoms with van der Waals surface area (Å²) in [5, 5.41) is 15.4. The van der Waals surface area contributed by atoms with Crippen molar-refractivity contribution in [3.8, 4) is 17.0 Å². The summed E-state index contributed by atoms with van der Waals surface area (Å²) in [5.41, 5.74) is 6.77. The Kier molecular flexibility index (Phi) is 6.03. The first kappa shape index (κ1) is 19.4. The van der Waals surface area contributed by atoms with E-state index in [1.807, 2.05) is 36.7 Å². The topological polar surface area (TPSA) is 62.8 Å². The molecular weight excluding hydrogens is 380 g/mol. The normalized spacial score (nSPS) is 12.1. The molecule has 4 aromatic rings. The summed E-state index contributed by atoms with van der Waals surface area (Å²) < 4.78 is 5.36. The molecule has 3 aromatic heterocycles. The van der Waals surface area contributed by atoms with Crippen LogP contribution in [0.3, 0.4) is 0 Å². The van der Waals surface area contributed by atoms with Gasteiger partial charge in [0.05, 0.1) is 30.7 Å². The van der Waals surface area contributed by atoms with Gasteiger partial charge in [0.25, 0.3) is 0 Å². The third-order valence-electron chi connectivity index (χ3n) is 5.02. The molecule has 5 nitrogen and oxygen atoms in total. The summed E-state index contributed by atoms with van der Waals surface area (Å²) in [4.78, 5) is 4.66. The molecule has 4 rings (SSSR count). The zero-order valence-electron chi connectivity index (χ0n) is 16.6. The molecule has 1 aromatic carbocycles. The highest BCUT2D eigenvalue weighted by Gasteiger charge is 2.17. The Hall–Kier alpha value is -2.96. The second-order valence-electron chi connectivity index (χ2n) is 6.98. The number of H-pyrrole nitrogens is 1. The number of hydrogen-bond acceptors (Lipinski definition) is 5. The van der Waals surface area contributed by atoms with E-state index in [-0.39, 0.29) is 6.04 Å². The molecule has 0 spiro atoms. The smallest absolute Gasteiger partial charge is 0.119 e. The van der Waals surface area contributed by atoms with Crippen molar-refractivity contribution in [1.29, 1.82) is 0 Å². The van der Waals surface area contributed by atoms with Crippen molar-refractivity contribution in [2.24, 2.45) is 0 Å². The summed E-state index contributed by atoms with van der Waals surface area (Å²) >= 11 is 1.72. The summed E-state index contributed by atoms with van der Waals surface area (Å²) in [7, 11) is 1.68. The zero-order valence-corrected chi connectivity index (χ0v) is 17.4. The van der Waals surface area contributed by atoms with Crippen molar-refractivity contribution in [2.45, 2.75) is 25.9 Å². The molecule has 6 heteroatoms. The lowest BCUT2D eigenvalue weighted by Gasteiger charge is -2.20. The second-order valence-corrected chi connectivity index (χ2v) is 7.76. The van der Waals surface area contributed by atoms with Crippen LogP contribution in [0.25, 0.3) is 11.3 Å². The second kappa shape index (κ2) is 9.03. The van der Waals surface area contributed by atoms with E-state index in [0.29, 0.717) is 6.54 Å². The van der Waals surface area contributed by atoms with Gasteiger partial charge in [-0.2, -0.15) is 16.4 Å². The van der Waals surface area contributed by atoms with Crippen LogP contribution in [-0.2, 0) is 13.0 Å². The summed E-state index contributed by atoms with van der Waals surface area (Å²) in [6, 6.07) is 14.4. The molecule has 0 fully saturated rings. The summed E-state index contributed by atoms with van der Waals surface area (Å²) in [6.45, 7) is 2.80. The van der Waals surface area contributed by atoms with E-state index in [0.717, 1.165) is 34.7 Å². The van der Waals surface area contributed by atoms with E-state index < -0.39 is 0 Å². The van der Waals surface area contributed by atoms with E-state index in [1.165, 1.54) is 11.1 Å². The number of rotatable bonds is 8. The van der Waals surface area contributed by atoms with E-state index in [1.54, 1.807) is 18.4 Å². The van der Waals surface area contributed by atoms with Gasteiger partial charge >= 0.3 is 0 Å². The molecule has 29 heavy (non-hydrogen) atoms. The fourth-order valence-electron chi connectivity index (χ4n) is 3.48. The number of aryl methyl sites for hydroxylation is 1. The van der Waals surface area contributed by atoms with Crippen LogP contribution in [0.2, 0.25) is 0 Å². The predicted molar refractivity (Wildman–Crippen MR) is 117 cm³/mol. The van der Waals surface area contributed by atoms with Gasteiger partial charge in [-0.25, -0.2) is 0 Å². The Morgan fingerprint density at radius 2 is 2.14 bits per heavy atom. The van der Waals surface area contributed by atoms with Crippen LogP contribution in [0.4, 0.5) is 0 Å². The third kappa shape index (κ3) is 4.55. The molecule has 148 valence electrons. The Labute approximate surface area is 174 Å². The molecule has 0 aliphatic carbocycles. The largest absolute Gasteiger partial charge is 0.497 e. The van der Waals surface area contributed by atoms with E-state index >= 15 is 0 Å². The van der Waals surface area contributed by atoms with Crippen LogP contribution < -0.4 is 10.1 Å². The minimum Gasteiger partial charge on any atom is -0.497 e. The van der Waals surface area contributed by atoms with Crippen LogP contribution in [0.15, 0.2) is 65.6 Å². The van der Waals surface area contributed by atoms with Gasteiger partial charge in [-0.3, -0.25) is 10.1 Å². The Morgan fingerprint density at radius 1 is 1.21 bits per heavy atom. The molecule has 1 atom stereocenters. The number of nitrogens with zero attached hydrogens (tertiary/aromatic N) is 2. The van der Waals surface area contributed by atoms with Crippen LogP contribution in [0.1, 0.15) is 28.4 Å². The lowest BCUT2D eigenvalue weighted by molar-refractivity contribution is 0.415. The number of benzene rings is 1. The average Bonchev–Trinajstić information content (AvgIpc) is 3.43. The first-order valence-electron chi connectivity index (χ1n) is 9.57. The van der Waals surface area contributed by atoms with E-state index in [9.17, 15) is 0 Å². The van der Waals surface area contributed by atoms with Gasteiger partial charge in [-0.15, -0.1) is 0 Å². The lowest BCUT2D eigenvalue weighted by atomic mass is 10.0. The number of pyridine rings is 1. The molecule has 0 aliphatic rings. The van der Waals surface area contributed by atoms with Gasteiger partial charge in [-0.1, -0.05) is 18.2 Å². The first-order valence-corrected chi connectivity index (χ1v) is 10.5. The van der Waals surface area contributed by atoms with Gasteiger partial charge < -0.3 is 10.1 Å². The van der Waals surface area contributed by atoms with Crippen LogP contribution >= 0.6 is 11.3 Å². The van der Waals surface area contributed by atoms with Gasteiger partial charge in [0.15, 0.2) is 0 Å². The molecule has 0 unspecified atom stereocenters. The predicted octanol–water partition coefficient (Wildman–Crippen LogP) is 4.92. The Bertz CT molecular complexity index is 1060. The summed E-state index contributed by atoms with van der Waals surface area (Å²) in [5.74, 6) is 0.829. The van der Waals surface area contributed by atoms with Crippen molar-refractivity contribution in [3.63, 3.8) is 0 Å². The number of aromatic nitrogens is 3. The number of methoxy groups -OCH3 is 1. The van der Waals surface area contributed by atoms with E-state index in [4.69, 9.17) is 4.74 Å². The molecule has 0 saturated carbocycles. The van der Waals surface area contributed by atoms with Gasteiger partial charge in [0.2, 0.25) is 0 Å². The first-order chi connectivity index (χ1) is 14.2. The molecule has 0 aliphatic heterocycles. The highest BCUT2D eigenvalue weighted by atomic mass is 32.1. The van der Waals surface area contributed by atoms with Gasteiger partial charge in [0, 0.05) is 23.9 Å². The molecule has 0 saturated heterocycles. The monoisotopic (exact) mass is 404 g/mol. The molecule has 2 N–H and O–H groups in total. The maximum absolute atomic E-state index is 5.36. The molecule has 3 heterocycles. The Morgan fingerprint density at radius 3 is 2.93 bits per heavy atom. The van der Waals surface area contributed by atoms with Crippen molar-refractivity contribution in [1.82, 2.24) is 20.5 Å². The number of aromatic amines is 1. The van der Waals surface area contributed by atoms with E-state index in [2.05, 4.69) is 56.4 Å². The maximum Gasteiger partial charge on any atom is 0.119 e. The highest BCUT2D eigenvalue weighted by Crippen LogP contribution is 2.26. The fourth-order valence-corrected chi connectivity index (χ4v) is 4.16.